The lowest BCUT2D eigenvalue weighted by Gasteiger charge is -2.21. The van der Waals surface area contributed by atoms with Crippen LogP contribution in [0.4, 0.5) is 0 Å². The van der Waals surface area contributed by atoms with Crippen molar-refractivity contribution in [1.29, 1.82) is 0 Å². The molecule has 0 atom stereocenters. The molecule has 2 rings (SSSR count). The molecule has 2 aromatic rings. The zero-order chi connectivity index (χ0) is 19.6. The molecule has 0 unspecified atom stereocenters. The number of amides is 1. The maximum atomic E-state index is 11.5. The second-order valence-electron chi connectivity index (χ2n) is 6.00. The highest BCUT2D eigenvalue weighted by Crippen LogP contribution is 2.14. The van der Waals surface area contributed by atoms with Crippen molar-refractivity contribution in [3.63, 3.8) is 0 Å². The number of nitrogens with one attached hydrogen (secondary N) is 2. The van der Waals surface area contributed by atoms with Gasteiger partial charge in [0.15, 0.2) is 12.6 Å². The number of nitrogens with zero attached hydrogens (tertiary/aromatic N) is 3. The van der Waals surface area contributed by atoms with E-state index in [9.17, 15) is 4.79 Å². The lowest BCUT2D eigenvalue weighted by atomic mass is 10.2. The maximum Gasteiger partial charge on any atom is 0.257 e. The quantitative estimate of drug-likeness (QED) is 0.320. The van der Waals surface area contributed by atoms with Gasteiger partial charge in [0.25, 0.3) is 5.91 Å². The highest BCUT2D eigenvalue weighted by atomic mass is 127. The van der Waals surface area contributed by atoms with Crippen molar-refractivity contribution < 1.29 is 9.53 Å². The minimum Gasteiger partial charge on any atom is -0.484 e. The Hall–Kier alpha value is -1.88. The molecule has 28 heavy (non-hydrogen) atoms. The number of carbonyl (C=O) groups excluding carboxylic acids is 1. The number of carbonyl (C=O) groups is 1. The van der Waals surface area contributed by atoms with Gasteiger partial charge in [-0.3, -0.25) is 9.79 Å². The van der Waals surface area contributed by atoms with Crippen LogP contribution in [-0.4, -0.2) is 49.0 Å². The van der Waals surface area contributed by atoms with Gasteiger partial charge >= 0.3 is 0 Å². The molecule has 0 aliphatic heterocycles. The molecule has 0 spiro atoms. The van der Waals surface area contributed by atoms with E-state index >= 15 is 0 Å². The summed E-state index contributed by atoms with van der Waals surface area (Å²) in [6.45, 7) is 5.79. The van der Waals surface area contributed by atoms with Crippen LogP contribution in [-0.2, 0) is 17.9 Å². The number of guanidine groups is 1. The fourth-order valence-electron chi connectivity index (χ4n) is 2.51. The normalized spacial score (nSPS) is 10.8. The summed E-state index contributed by atoms with van der Waals surface area (Å²) in [7, 11) is 3.74. The van der Waals surface area contributed by atoms with E-state index in [0.29, 0.717) is 25.4 Å². The summed E-state index contributed by atoms with van der Waals surface area (Å²) in [5.74, 6) is 1.33. The lowest BCUT2D eigenvalue weighted by molar-refractivity contribution is -0.122. The number of thiazole rings is 1. The van der Waals surface area contributed by atoms with E-state index in [1.807, 2.05) is 50.1 Å². The molecule has 1 heterocycles. The van der Waals surface area contributed by atoms with Crippen LogP contribution in [0, 0.1) is 6.92 Å². The molecule has 0 fully saturated rings. The van der Waals surface area contributed by atoms with Crippen molar-refractivity contribution in [3.8, 4) is 5.75 Å². The summed E-state index contributed by atoms with van der Waals surface area (Å²) in [5.41, 5.74) is 2.08. The number of hydrogen-bond acceptors (Lipinski definition) is 5. The number of aliphatic imine (C=N–C) groups is 1. The Bertz CT molecular complexity index is 781. The largest absolute Gasteiger partial charge is 0.484 e. The van der Waals surface area contributed by atoms with Gasteiger partial charge in [0.2, 0.25) is 0 Å². The first kappa shape index (κ1) is 24.2. The Balaban J connectivity index is 0.00000392. The smallest absolute Gasteiger partial charge is 0.257 e. The number of hydrogen-bond donors (Lipinski definition) is 2. The summed E-state index contributed by atoms with van der Waals surface area (Å²) in [5, 5.41) is 9.18. The van der Waals surface area contributed by atoms with E-state index in [0.717, 1.165) is 22.2 Å². The predicted molar refractivity (Wildman–Crippen MR) is 125 cm³/mol. The van der Waals surface area contributed by atoms with Gasteiger partial charge in [-0.25, -0.2) is 4.98 Å². The summed E-state index contributed by atoms with van der Waals surface area (Å²) in [6.07, 6.45) is 0. The Morgan fingerprint density at radius 2 is 2.14 bits per heavy atom. The molecule has 7 nitrogen and oxygen atoms in total. The molecular weight excluding hydrogens is 489 g/mol. The predicted octanol–water partition coefficient (Wildman–Crippen LogP) is 2.79. The van der Waals surface area contributed by atoms with Crippen molar-refractivity contribution in [2.24, 2.45) is 4.99 Å². The Kier molecular flexibility index (Phi) is 10.8. The Labute approximate surface area is 187 Å². The van der Waals surface area contributed by atoms with Crippen LogP contribution in [0.2, 0.25) is 0 Å². The number of aromatic nitrogens is 1. The Morgan fingerprint density at radius 3 is 2.79 bits per heavy atom. The van der Waals surface area contributed by atoms with Crippen molar-refractivity contribution in [1.82, 2.24) is 20.5 Å². The molecule has 1 amide bonds. The topological polar surface area (TPSA) is 78.8 Å². The molecule has 9 heteroatoms. The number of ether oxygens (including phenoxy) is 1. The Morgan fingerprint density at radius 1 is 1.36 bits per heavy atom. The van der Waals surface area contributed by atoms with Crippen molar-refractivity contribution in [2.45, 2.75) is 26.9 Å². The monoisotopic (exact) mass is 517 g/mol. The van der Waals surface area contributed by atoms with E-state index in [-0.39, 0.29) is 36.5 Å². The average Bonchev–Trinajstić information content (AvgIpc) is 3.06. The number of halogens is 1. The molecule has 0 radical (unpaired) electrons. The third-order valence-electron chi connectivity index (χ3n) is 3.73. The van der Waals surface area contributed by atoms with Crippen molar-refractivity contribution in [3.05, 3.63) is 45.9 Å². The van der Waals surface area contributed by atoms with E-state index in [2.05, 4.69) is 26.0 Å². The van der Waals surface area contributed by atoms with Gasteiger partial charge in [0, 0.05) is 32.6 Å². The zero-order valence-corrected chi connectivity index (χ0v) is 19.8. The molecule has 0 aliphatic carbocycles. The molecule has 1 aromatic carbocycles. The van der Waals surface area contributed by atoms with Gasteiger partial charge in [-0.15, -0.1) is 35.3 Å². The summed E-state index contributed by atoms with van der Waals surface area (Å²) >= 11 is 1.65. The van der Waals surface area contributed by atoms with Crippen LogP contribution in [0.15, 0.2) is 34.6 Å². The molecule has 0 saturated heterocycles. The van der Waals surface area contributed by atoms with Gasteiger partial charge < -0.3 is 20.3 Å². The molecule has 0 saturated carbocycles. The molecule has 0 bridgehead atoms. The third kappa shape index (κ3) is 8.01. The minimum absolute atomic E-state index is 0. The van der Waals surface area contributed by atoms with Crippen LogP contribution in [0.3, 0.4) is 0 Å². The van der Waals surface area contributed by atoms with Crippen LogP contribution in [0.5, 0.6) is 5.75 Å². The zero-order valence-electron chi connectivity index (χ0n) is 16.7. The van der Waals surface area contributed by atoms with Crippen molar-refractivity contribution >= 4 is 47.2 Å². The summed E-state index contributed by atoms with van der Waals surface area (Å²) in [6, 6.07) is 7.68. The highest BCUT2D eigenvalue weighted by Gasteiger charge is 2.09. The minimum atomic E-state index is -0.125. The summed E-state index contributed by atoms with van der Waals surface area (Å²) in [4.78, 5) is 22.4. The van der Waals surface area contributed by atoms with Crippen LogP contribution < -0.4 is 15.4 Å². The highest BCUT2D eigenvalue weighted by molar-refractivity contribution is 14.0. The van der Waals surface area contributed by atoms with Gasteiger partial charge in [-0.05, 0) is 31.5 Å². The van der Waals surface area contributed by atoms with E-state index in [1.54, 1.807) is 18.4 Å². The average molecular weight is 517 g/mol. The standard InChI is InChI=1S/C19H27N5O2S.HI/c1-5-21-18(25)12-26-17-8-6-7-15(9-17)10-22-19(20-3)24(4)11-16-13-27-14(2)23-16;/h6-9,13H,5,10-12H2,1-4H3,(H,20,22)(H,21,25);1H. The van der Waals surface area contributed by atoms with E-state index in [4.69, 9.17) is 4.74 Å². The van der Waals surface area contributed by atoms with Crippen LogP contribution >= 0.6 is 35.3 Å². The second kappa shape index (κ2) is 12.6. The number of benzene rings is 1. The van der Waals surface area contributed by atoms with E-state index in [1.165, 1.54) is 0 Å². The molecule has 154 valence electrons. The summed E-state index contributed by atoms with van der Waals surface area (Å²) < 4.78 is 5.54. The van der Waals surface area contributed by atoms with Gasteiger partial charge in [0.1, 0.15) is 5.75 Å². The van der Waals surface area contributed by atoms with Gasteiger partial charge in [-0.2, -0.15) is 0 Å². The van der Waals surface area contributed by atoms with Gasteiger partial charge in [-0.1, -0.05) is 12.1 Å². The number of rotatable bonds is 8. The van der Waals surface area contributed by atoms with Gasteiger partial charge in [0.05, 0.1) is 17.2 Å². The van der Waals surface area contributed by atoms with E-state index < -0.39 is 0 Å². The second-order valence-corrected chi connectivity index (χ2v) is 7.07. The fraction of sp³-hybridized carbons (Fsp3) is 0.421. The first-order chi connectivity index (χ1) is 13.0. The third-order valence-corrected chi connectivity index (χ3v) is 4.55. The van der Waals surface area contributed by atoms with Crippen molar-refractivity contribution in [2.75, 3.05) is 27.2 Å². The molecule has 0 aliphatic rings. The molecule has 2 N–H and O–H groups in total. The maximum absolute atomic E-state index is 11.5. The van der Waals surface area contributed by atoms with Crippen LogP contribution in [0.25, 0.3) is 0 Å². The first-order valence-corrected chi connectivity index (χ1v) is 9.71. The lowest BCUT2D eigenvalue weighted by Crippen LogP contribution is -2.38. The first-order valence-electron chi connectivity index (χ1n) is 8.83. The molecular formula is C19H28IN5O2S. The number of likely N-dealkylation sites (N-methyl/N-ethyl adjacent to an activating group) is 1. The fourth-order valence-corrected chi connectivity index (χ4v) is 3.11. The molecule has 1 aromatic heterocycles. The number of aryl methyl sites for hydroxylation is 1. The SMILES string of the molecule is CCNC(=O)COc1cccc(CNC(=NC)N(C)Cc2csc(C)n2)c1.I. The van der Waals surface area contributed by atoms with Crippen LogP contribution in [0.1, 0.15) is 23.2 Å².